The molecule has 2 aromatic carbocycles. The van der Waals surface area contributed by atoms with Gasteiger partial charge in [-0.2, -0.15) is 0 Å². The van der Waals surface area contributed by atoms with E-state index in [1.807, 2.05) is 43.4 Å². The summed E-state index contributed by atoms with van der Waals surface area (Å²) in [5, 5.41) is 4.09. The summed E-state index contributed by atoms with van der Waals surface area (Å²) in [6.45, 7) is 5.20. The molecule has 0 radical (unpaired) electrons. The van der Waals surface area contributed by atoms with Gasteiger partial charge in [0, 0.05) is 31.5 Å². The second-order valence-electron chi connectivity index (χ2n) is 8.51. The fourth-order valence-electron chi connectivity index (χ4n) is 4.29. The zero-order valence-electron chi connectivity index (χ0n) is 16.7. The summed E-state index contributed by atoms with van der Waals surface area (Å²) >= 11 is 0. The van der Waals surface area contributed by atoms with Gasteiger partial charge in [0.15, 0.2) is 0 Å². The number of aromatic nitrogens is 1. The Morgan fingerprint density at radius 3 is 2.29 bits per heavy atom. The number of carbonyl (C=O) groups is 1. The maximum Gasteiger partial charge on any atom is 0.292 e. The van der Waals surface area contributed by atoms with Gasteiger partial charge in [-0.05, 0) is 23.0 Å². The van der Waals surface area contributed by atoms with Gasteiger partial charge in [0.25, 0.3) is 5.91 Å². The first-order chi connectivity index (χ1) is 13.4. The number of likely N-dealkylation sites (N-methyl/N-ethyl adjacent to an activating group) is 1. The Hall–Kier alpha value is -2.88. The third kappa shape index (κ3) is 3.35. The van der Waals surface area contributed by atoms with Crippen molar-refractivity contribution in [1.29, 1.82) is 0 Å². The lowest BCUT2D eigenvalue weighted by Crippen LogP contribution is -2.36. The molecule has 1 heterocycles. The second kappa shape index (κ2) is 6.93. The zero-order valence-corrected chi connectivity index (χ0v) is 16.7. The van der Waals surface area contributed by atoms with Crippen molar-refractivity contribution in [2.45, 2.75) is 32.1 Å². The Bertz CT molecular complexity index is 963. The fraction of sp³-hybridized carbons (Fsp3) is 0.333. The molecule has 144 valence electrons. The zero-order chi connectivity index (χ0) is 19.8. The van der Waals surface area contributed by atoms with Crippen molar-refractivity contribution >= 4 is 5.91 Å². The molecule has 1 aliphatic rings. The Kier molecular flexibility index (Phi) is 4.58. The maximum atomic E-state index is 13.0. The molecule has 4 nitrogen and oxygen atoms in total. The molecule has 1 aromatic heterocycles. The van der Waals surface area contributed by atoms with E-state index in [9.17, 15) is 4.79 Å². The van der Waals surface area contributed by atoms with Gasteiger partial charge in [-0.15, -0.1) is 0 Å². The van der Waals surface area contributed by atoms with Crippen molar-refractivity contribution in [3.8, 4) is 0 Å². The molecule has 1 aliphatic carbocycles. The predicted molar refractivity (Wildman–Crippen MR) is 109 cm³/mol. The molecule has 1 atom stereocenters. The van der Waals surface area contributed by atoms with Crippen LogP contribution in [0.2, 0.25) is 0 Å². The van der Waals surface area contributed by atoms with Gasteiger partial charge in [0.1, 0.15) is 0 Å². The SMILES string of the molecule is CN(C[C@@]1(c2ccccc2)CC1(C)C)C(=O)c1cc(Cc2ccccc2)no1. The van der Waals surface area contributed by atoms with E-state index in [2.05, 4.69) is 43.3 Å². The second-order valence-corrected chi connectivity index (χ2v) is 8.51. The summed E-state index contributed by atoms with van der Waals surface area (Å²) in [6.07, 6.45) is 1.72. The van der Waals surface area contributed by atoms with Gasteiger partial charge in [-0.25, -0.2) is 0 Å². The predicted octanol–water partition coefficient (Wildman–Crippen LogP) is 4.71. The Morgan fingerprint density at radius 2 is 1.68 bits per heavy atom. The molecule has 28 heavy (non-hydrogen) atoms. The number of benzene rings is 2. The molecule has 0 bridgehead atoms. The molecule has 0 N–H and O–H groups in total. The molecule has 0 aliphatic heterocycles. The van der Waals surface area contributed by atoms with E-state index < -0.39 is 0 Å². The Balaban J connectivity index is 1.48. The van der Waals surface area contributed by atoms with Crippen molar-refractivity contribution in [2.24, 2.45) is 5.41 Å². The maximum absolute atomic E-state index is 13.0. The highest BCUT2D eigenvalue weighted by atomic mass is 16.5. The lowest BCUT2D eigenvalue weighted by atomic mass is 9.87. The fourth-order valence-corrected chi connectivity index (χ4v) is 4.29. The smallest absolute Gasteiger partial charge is 0.292 e. The molecular formula is C24H26N2O2. The lowest BCUT2D eigenvalue weighted by Gasteiger charge is -2.27. The molecule has 4 rings (SSSR count). The molecule has 0 spiro atoms. The molecule has 4 heteroatoms. The Labute approximate surface area is 166 Å². The van der Waals surface area contributed by atoms with Crippen molar-refractivity contribution in [3.63, 3.8) is 0 Å². The van der Waals surface area contributed by atoms with E-state index in [4.69, 9.17) is 4.52 Å². The van der Waals surface area contributed by atoms with Gasteiger partial charge in [0.05, 0.1) is 5.69 Å². The summed E-state index contributed by atoms with van der Waals surface area (Å²) in [6, 6.07) is 22.3. The Morgan fingerprint density at radius 1 is 1.07 bits per heavy atom. The van der Waals surface area contributed by atoms with E-state index in [1.165, 1.54) is 5.56 Å². The molecule has 0 saturated heterocycles. The number of rotatable bonds is 6. The average Bonchev–Trinajstić information content (AvgIpc) is 3.03. The van der Waals surface area contributed by atoms with E-state index in [1.54, 1.807) is 11.0 Å². The topological polar surface area (TPSA) is 46.3 Å². The molecule has 3 aromatic rings. The van der Waals surface area contributed by atoms with Crippen LogP contribution in [0.15, 0.2) is 71.3 Å². The summed E-state index contributed by atoms with van der Waals surface area (Å²) < 4.78 is 5.37. The van der Waals surface area contributed by atoms with Crippen LogP contribution in [0, 0.1) is 5.41 Å². The highest BCUT2D eigenvalue weighted by molar-refractivity contribution is 5.91. The van der Waals surface area contributed by atoms with Gasteiger partial charge in [-0.1, -0.05) is 79.7 Å². The number of carbonyl (C=O) groups excluding carboxylic acids is 1. The number of amides is 1. The number of nitrogens with zero attached hydrogens (tertiary/aromatic N) is 2. The van der Waals surface area contributed by atoms with E-state index in [0.717, 1.165) is 17.7 Å². The van der Waals surface area contributed by atoms with Crippen molar-refractivity contribution in [2.75, 3.05) is 13.6 Å². The first-order valence-electron chi connectivity index (χ1n) is 9.72. The normalized spacial score (nSPS) is 20.0. The molecule has 1 fully saturated rings. The lowest BCUT2D eigenvalue weighted by molar-refractivity contribution is 0.0733. The van der Waals surface area contributed by atoms with Crippen LogP contribution in [0.4, 0.5) is 0 Å². The van der Waals surface area contributed by atoms with Crippen LogP contribution in [-0.4, -0.2) is 29.6 Å². The average molecular weight is 374 g/mol. The molecule has 1 amide bonds. The van der Waals surface area contributed by atoms with Crippen LogP contribution >= 0.6 is 0 Å². The first kappa shape index (κ1) is 18.5. The van der Waals surface area contributed by atoms with Gasteiger partial charge in [0.2, 0.25) is 5.76 Å². The first-order valence-corrected chi connectivity index (χ1v) is 9.72. The van der Waals surface area contributed by atoms with Crippen LogP contribution in [0.5, 0.6) is 0 Å². The number of hydrogen-bond acceptors (Lipinski definition) is 3. The van der Waals surface area contributed by atoms with Crippen LogP contribution < -0.4 is 0 Å². The quantitative estimate of drug-likeness (QED) is 0.628. The third-order valence-electron chi connectivity index (χ3n) is 6.09. The highest BCUT2D eigenvalue weighted by Gasteiger charge is 2.62. The molecule has 0 unspecified atom stereocenters. The minimum Gasteiger partial charge on any atom is -0.351 e. The van der Waals surface area contributed by atoms with Crippen molar-refractivity contribution in [3.05, 3.63) is 89.3 Å². The standard InChI is InChI=1S/C24H26N2O2/c1-23(2)16-24(23,19-12-8-5-9-13-19)17-26(3)22(27)21-15-20(25-28-21)14-18-10-6-4-7-11-18/h4-13,15H,14,16-17H2,1-3H3/t24-/m1/s1. The van der Waals surface area contributed by atoms with Crippen molar-refractivity contribution in [1.82, 2.24) is 10.1 Å². The van der Waals surface area contributed by atoms with Crippen LogP contribution in [-0.2, 0) is 11.8 Å². The summed E-state index contributed by atoms with van der Waals surface area (Å²) in [5.41, 5.74) is 3.37. The van der Waals surface area contributed by atoms with Crippen LogP contribution in [0.25, 0.3) is 0 Å². The monoisotopic (exact) mass is 374 g/mol. The van der Waals surface area contributed by atoms with Crippen LogP contribution in [0.1, 0.15) is 47.6 Å². The van der Waals surface area contributed by atoms with Crippen LogP contribution in [0.3, 0.4) is 0 Å². The minimum atomic E-state index is -0.121. The highest BCUT2D eigenvalue weighted by Crippen LogP contribution is 2.64. The summed E-state index contributed by atoms with van der Waals surface area (Å²) in [4.78, 5) is 14.7. The molecule has 1 saturated carbocycles. The van der Waals surface area contributed by atoms with E-state index in [0.29, 0.717) is 18.7 Å². The van der Waals surface area contributed by atoms with Crippen molar-refractivity contribution < 1.29 is 9.32 Å². The molecular weight excluding hydrogens is 348 g/mol. The minimum absolute atomic E-state index is 0.00837. The third-order valence-corrected chi connectivity index (χ3v) is 6.09. The van der Waals surface area contributed by atoms with E-state index >= 15 is 0 Å². The van der Waals surface area contributed by atoms with Gasteiger partial charge in [-0.3, -0.25) is 4.79 Å². The summed E-state index contributed by atoms with van der Waals surface area (Å²) in [7, 11) is 1.85. The summed E-state index contributed by atoms with van der Waals surface area (Å²) in [5.74, 6) is 0.180. The van der Waals surface area contributed by atoms with Gasteiger partial charge < -0.3 is 9.42 Å². The van der Waals surface area contributed by atoms with Gasteiger partial charge >= 0.3 is 0 Å². The largest absolute Gasteiger partial charge is 0.351 e. The van der Waals surface area contributed by atoms with E-state index in [-0.39, 0.29) is 16.7 Å². The number of hydrogen-bond donors (Lipinski definition) is 0.